The fourth-order valence-corrected chi connectivity index (χ4v) is 3.76. The summed E-state index contributed by atoms with van der Waals surface area (Å²) in [6.45, 7) is 3.40. The van der Waals surface area contributed by atoms with Gasteiger partial charge in [0.05, 0.1) is 6.04 Å². The number of hydrogen-bond acceptors (Lipinski definition) is 9. The van der Waals surface area contributed by atoms with Crippen molar-refractivity contribution in [2.24, 2.45) is 5.73 Å². The van der Waals surface area contributed by atoms with Gasteiger partial charge in [-0.3, -0.25) is 14.4 Å². The van der Waals surface area contributed by atoms with Crippen LogP contribution >= 0.6 is 11.8 Å². The Morgan fingerprint density at radius 3 is 2.14 bits per heavy atom. The molecule has 1 aliphatic rings. The molecule has 0 radical (unpaired) electrons. The third kappa shape index (κ3) is 6.18. The fraction of sp³-hybridized carbons (Fsp3) is 0.500. The molecule has 0 amide bonds. The van der Waals surface area contributed by atoms with Crippen molar-refractivity contribution in [2.75, 3.05) is 6.61 Å². The molecule has 0 aromatic heterocycles. The molecule has 1 aromatic rings. The second-order valence-corrected chi connectivity index (χ2v) is 7.31. The molecule has 2 N–H and O–H groups in total. The Balaban J connectivity index is 2.28. The van der Waals surface area contributed by atoms with Gasteiger partial charge in [0.25, 0.3) is 0 Å². The number of ether oxygens (including phenoxy) is 4. The van der Waals surface area contributed by atoms with Gasteiger partial charge in [-0.1, -0.05) is 11.8 Å². The first-order chi connectivity index (χ1) is 13.2. The molecule has 2 rings (SSSR count). The van der Waals surface area contributed by atoms with E-state index in [4.69, 9.17) is 24.7 Å². The van der Waals surface area contributed by atoms with Gasteiger partial charge in [0.15, 0.2) is 12.2 Å². The molecule has 0 aliphatic carbocycles. The van der Waals surface area contributed by atoms with Gasteiger partial charge < -0.3 is 24.7 Å². The molecule has 3 unspecified atom stereocenters. The molecular formula is C18H22FNO7S. The largest absolute Gasteiger partial charge is 0.463 e. The van der Waals surface area contributed by atoms with Gasteiger partial charge in [-0.05, 0) is 24.3 Å². The Hall–Kier alpha value is -2.17. The van der Waals surface area contributed by atoms with E-state index in [0.29, 0.717) is 4.90 Å². The highest BCUT2D eigenvalue weighted by atomic mass is 32.2. The van der Waals surface area contributed by atoms with Crippen molar-refractivity contribution in [3.8, 4) is 0 Å². The number of halogens is 1. The van der Waals surface area contributed by atoms with Crippen LogP contribution in [0.25, 0.3) is 0 Å². The van der Waals surface area contributed by atoms with Crippen LogP contribution in [0.4, 0.5) is 4.39 Å². The molecule has 8 nitrogen and oxygen atoms in total. The number of hydrogen-bond donors (Lipinski definition) is 1. The van der Waals surface area contributed by atoms with E-state index in [-0.39, 0.29) is 6.61 Å². The van der Waals surface area contributed by atoms with Crippen molar-refractivity contribution in [1.82, 2.24) is 0 Å². The van der Waals surface area contributed by atoms with Gasteiger partial charge in [-0.2, -0.15) is 0 Å². The summed E-state index contributed by atoms with van der Waals surface area (Å²) in [5.41, 5.74) is 5.50. The van der Waals surface area contributed by atoms with Gasteiger partial charge in [-0.25, -0.2) is 4.39 Å². The number of nitrogens with two attached hydrogens (primary N) is 1. The number of thioether (sulfide) groups is 1. The van der Waals surface area contributed by atoms with Crippen molar-refractivity contribution in [3.05, 3.63) is 30.1 Å². The average molecular weight is 415 g/mol. The summed E-state index contributed by atoms with van der Waals surface area (Å²) in [6.07, 6.45) is -2.98. The molecular weight excluding hydrogens is 393 g/mol. The molecule has 10 heteroatoms. The first-order valence-corrected chi connectivity index (χ1v) is 9.36. The second-order valence-electron chi connectivity index (χ2n) is 6.14. The zero-order valence-corrected chi connectivity index (χ0v) is 16.4. The van der Waals surface area contributed by atoms with E-state index in [1.807, 2.05) is 0 Å². The maximum atomic E-state index is 13.1. The third-order valence-corrected chi connectivity index (χ3v) is 5.02. The highest BCUT2D eigenvalue weighted by Crippen LogP contribution is 2.35. The van der Waals surface area contributed by atoms with E-state index in [0.717, 1.165) is 0 Å². The molecule has 1 heterocycles. The summed E-state index contributed by atoms with van der Waals surface area (Å²) in [5, 5.41) is 0. The van der Waals surface area contributed by atoms with Crippen molar-refractivity contribution in [2.45, 2.75) is 55.5 Å². The van der Waals surface area contributed by atoms with Crippen molar-refractivity contribution in [3.63, 3.8) is 0 Å². The zero-order valence-electron chi connectivity index (χ0n) is 15.6. The Bertz CT molecular complexity index is 714. The van der Waals surface area contributed by atoms with Gasteiger partial charge in [0.2, 0.25) is 0 Å². The quantitative estimate of drug-likeness (QED) is 0.544. The van der Waals surface area contributed by atoms with Crippen LogP contribution < -0.4 is 5.73 Å². The Morgan fingerprint density at radius 2 is 1.61 bits per heavy atom. The van der Waals surface area contributed by atoms with E-state index in [2.05, 4.69) is 0 Å². The van der Waals surface area contributed by atoms with Gasteiger partial charge in [-0.15, -0.1) is 0 Å². The Kier molecular flexibility index (Phi) is 7.78. The minimum Gasteiger partial charge on any atom is -0.463 e. The van der Waals surface area contributed by atoms with Crippen LogP contribution in [-0.2, 0) is 33.3 Å². The van der Waals surface area contributed by atoms with Gasteiger partial charge in [0, 0.05) is 25.7 Å². The predicted octanol–water partition coefficient (Wildman–Crippen LogP) is 1.40. The monoisotopic (exact) mass is 415 g/mol. The SMILES string of the molecule is CC(=O)OCC1O[C@@H](Sc2ccc(F)cc2)C(N)C(OC(C)=O)[C@@H]1OC(C)=O. The van der Waals surface area contributed by atoms with Crippen LogP contribution in [0.2, 0.25) is 0 Å². The fourth-order valence-electron chi connectivity index (χ4n) is 2.68. The van der Waals surface area contributed by atoms with Crippen LogP contribution in [0.3, 0.4) is 0 Å². The zero-order chi connectivity index (χ0) is 20.8. The van der Waals surface area contributed by atoms with Gasteiger partial charge in [0.1, 0.15) is 24.0 Å². The molecule has 0 saturated carbocycles. The smallest absolute Gasteiger partial charge is 0.303 e. The molecule has 1 saturated heterocycles. The first-order valence-electron chi connectivity index (χ1n) is 8.48. The molecule has 0 bridgehead atoms. The number of benzene rings is 1. The molecule has 154 valence electrons. The lowest BCUT2D eigenvalue weighted by atomic mass is 9.98. The lowest BCUT2D eigenvalue weighted by Crippen LogP contribution is -2.63. The van der Waals surface area contributed by atoms with Crippen molar-refractivity contribution >= 4 is 29.7 Å². The average Bonchev–Trinajstić information content (AvgIpc) is 2.60. The highest BCUT2D eigenvalue weighted by Gasteiger charge is 2.49. The predicted molar refractivity (Wildman–Crippen MR) is 96.6 cm³/mol. The minimum absolute atomic E-state index is 0.224. The van der Waals surface area contributed by atoms with Gasteiger partial charge >= 0.3 is 17.9 Å². The van der Waals surface area contributed by atoms with Crippen LogP contribution in [0.5, 0.6) is 0 Å². The Labute approximate surface area is 165 Å². The molecule has 0 spiro atoms. The minimum atomic E-state index is -1.05. The summed E-state index contributed by atoms with van der Waals surface area (Å²) in [7, 11) is 0. The van der Waals surface area contributed by atoms with Crippen LogP contribution in [0, 0.1) is 5.82 Å². The maximum Gasteiger partial charge on any atom is 0.303 e. The third-order valence-electron chi connectivity index (χ3n) is 3.81. The summed E-state index contributed by atoms with van der Waals surface area (Å²) in [6, 6.07) is 4.82. The van der Waals surface area contributed by atoms with Crippen LogP contribution in [-0.4, -0.2) is 54.3 Å². The Morgan fingerprint density at radius 1 is 1.04 bits per heavy atom. The lowest BCUT2D eigenvalue weighted by molar-refractivity contribution is -0.208. The molecule has 1 aliphatic heterocycles. The maximum absolute atomic E-state index is 13.1. The summed E-state index contributed by atoms with van der Waals surface area (Å²) in [4.78, 5) is 35.0. The normalized spacial score (nSPS) is 27.0. The summed E-state index contributed by atoms with van der Waals surface area (Å²) < 4.78 is 34.6. The van der Waals surface area contributed by atoms with E-state index in [1.54, 1.807) is 12.1 Å². The highest BCUT2D eigenvalue weighted by molar-refractivity contribution is 7.99. The van der Waals surface area contributed by atoms with E-state index >= 15 is 0 Å². The summed E-state index contributed by atoms with van der Waals surface area (Å²) in [5.74, 6) is -2.18. The summed E-state index contributed by atoms with van der Waals surface area (Å²) >= 11 is 1.18. The number of rotatable bonds is 6. The van der Waals surface area contributed by atoms with Crippen molar-refractivity contribution in [1.29, 1.82) is 0 Å². The number of carbonyl (C=O) groups is 3. The van der Waals surface area contributed by atoms with Crippen LogP contribution in [0.15, 0.2) is 29.2 Å². The number of carbonyl (C=O) groups excluding carboxylic acids is 3. The molecule has 28 heavy (non-hydrogen) atoms. The molecule has 5 atom stereocenters. The molecule has 1 fully saturated rings. The second kappa shape index (κ2) is 9.85. The number of esters is 3. The first kappa shape index (κ1) is 22.1. The lowest BCUT2D eigenvalue weighted by Gasteiger charge is -2.43. The van der Waals surface area contributed by atoms with E-state index < -0.39 is 53.5 Å². The van der Waals surface area contributed by atoms with Crippen LogP contribution in [0.1, 0.15) is 20.8 Å². The standard InChI is InChI=1S/C18H22FNO7S/c1-9(21)24-8-14-16(25-10(2)22)17(26-11(3)23)15(20)18(27-14)28-13-6-4-12(19)5-7-13/h4-7,14-18H,8,20H2,1-3H3/t14?,15?,16-,17?,18+/m1/s1. The van der Waals surface area contributed by atoms with E-state index in [1.165, 1.54) is 44.7 Å². The molecule has 1 aromatic carbocycles. The van der Waals surface area contributed by atoms with Crippen molar-refractivity contribution < 1.29 is 37.7 Å². The van der Waals surface area contributed by atoms with E-state index in [9.17, 15) is 18.8 Å². The topological polar surface area (TPSA) is 114 Å².